The third kappa shape index (κ3) is 3.44. The second-order valence-corrected chi connectivity index (χ2v) is 4.23. The lowest BCUT2D eigenvalue weighted by Crippen LogP contribution is -2.18. The van der Waals surface area contributed by atoms with Crippen LogP contribution in [0.5, 0.6) is 0 Å². The molecule has 0 radical (unpaired) electrons. The molecule has 102 valence electrons. The molecule has 0 aliphatic rings. The summed E-state index contributed by atoms with van der Waals surface area (Å²) in [6.07, 6.45) is 2.91. The second-order valence-electron chi connectivity index (χ2n) is 4.23. The molecule has 4 nitrogen and oxygen atoms in total. The molecular weight excluding hydrogens is 242 g/mol. The molecule has 1 aromatic carbocycles. The number of aromatic carboxylic acids is 1. The van der Waals surface area contributed by atoms with E-state index >= 15 is 0 Å². The average molecular weight is 261 g/mol. The lowest BCUT2D eigenvalue weighted by molar-refractivity contribution is -0.104. The van der Waals surface area contributed by atoms with Crippen LogP contribution in [-0.4, -0.2) is 31.0 Å². The molecule has 0 aromatic heterocycles. The van der Waals surface area contributed by atoms with Gasteiger partial charge in [-0.3, -0.25) is 4.79 Å². The highest BCUT2D eigenvalue weighted by atomic mass is 16.4. The summed E-state index contributed by atoms with van der Waals surface area (Å²) < 4.78 is 0. The molecule has 19 heavy (non-hydrogen) atoms. The molecular formula is C15H19NO3. The fourth-order valence-electron chi connectivity index (χ4n) is 1.91. The van der Waals surface area contributed by atoms with E-state index in [0.717, 1.165) is 29.7 Å². The molecule has 0 unspecified atom stereocenters. The Balaban J connectivity index is 3.44. The van der Waals surface area contributed by atoms with E-state index in [2.05, 4.69) is 0 Å². The van der Waals surface area contributed by atoms with E-state index in [1.165, 1.54) is 6.08 Å². The first-order valence-electron chi connectivity index (χ1n) is 6.28. The van der Waals surface area contributed by atoms with Gasteiger partial charge in [0, 0.05) is 24.8 Å². The zero-order valence-electron chi connectivity index (χ0n) is 11.5. The number of anilines is 1. The van der Waals surface area contributed by atoms with E-state index in [9.17, 15) is 9.59 Å². The van der Waals surface area contributed by atoms with Crippen LogP contribution >= 0.6 is 0 Å². The molecule has 0 heterocycles. The molecule has 0 aliphatic carbocycles. The molecule has 0 bridgehead atoms. The quantitative estimate of drug-likeness (QED) is 0.632. The van der Waals surface area contributed by atoms with Crippen LogP contribution < -0.4 is 4.90 Å². The Hall–Kier alpha value is -2.10. The van der Waals surface area contributed by atoms with Crippen molar-refractivity contribution < 1.29 is 14.7 Å². The van der Waals surface area contributed by atoms with E-state index in [1.54, 1.807) is 18.2 Å². The van der Waals surface area contributed by atoms with E-state index < -0.39 is 5.97 Å². The minimum atomic E-state index is -0.964. The number of benzene rings is 1. The normalized spacial score (nSPS) is 11.2. The van der Waals surface area contributed by atoms with Gasteiger partial charge in [0.2, 0.25) is 0 Å². The molecule has 1 aromatic rings. The molecule has 0 atom stereocenters. The Morgan fingerprint density at radius 2 is 2.05 bits per heavy atom. The number of rotatable bonds is 6. The van der Waals surface area contributed by atoms with Crippen molar-refractivity contribution in [2.45, 2.75) is 20.3 Å². The van der Waals surface area contributed by atoms with Crippen molar-refractivity contribution in [3.05, 3.63) is 35.4 Å². The fourth-order valence-corrected chi connectivity index (χ4v) is 1.91. The lowest BCUT2D eigenvalue weighted by atomic mass is 9.98. The first kappa shape index (κ1) is 15.0. The summed E-state index contributed by atoms with van der Waals surface area (Å²) in [5.41, 5.74) is 2.81. The van der Waals surface area contributed by atoms with E-state index in [4.69, 9.17) is 5.11 Å². The van der Waals surface area contributed by atoms with Gasteiger partial charge in [-0.15, -0.1) is 0 Å². The summed E-state index contributed by atoms with van der Waals surface area (Å²) in [6, 6.07) is 5.00. The van der Waals surface area contributed by atoms with Gasteiger partial charge in [-0.25, -0.2) is 4.79 Å². The van der Waals surface area contributed by atoms with Gasteiger partial charge in [0.15, 0.2) is 0 Å². The van der Waals surface area contributed by atoms with E-state index in [0.29, 0.717) is 6.42 Å². The highest BCUT2D eigenvalue weighted by Gasteiger charge is 2.13. The minimum Gasteiger partial charge on any atom is -0.478 e. The number of hydrogen-bond acceptors (Lipinski definition) is 3. The average Bonchev–Trinajstić information content (AvgIpc) is 2.43. The van der Waals surface area contributed by atoms with Gasteiger partial charge >= 0.3 is 5.97 Å². The maximum Gasteiger partial charge on any atom is 0.335 e. The van der Waals surface area contributed by atoms with Crippen LogP contribution in [0.3, 0.4) is 0 Å². The van der Waals surface area contributed by atoms with Gasteiger partial charge < -0.3 is 10.0 Å². The molecule has 0 spiro atoms. The summed E-state index contributed by atoms with van der Waals surface area (Å²) in [7, 11) is 1.94. The molecule has 0 amide bonds. The van der Waals surface area contributed by atoms with Crippen LogP contribution in [0.1, 0.15) is 36.2 Å². The number of carbonyl (C=O) groups is 2. The van der Waals surface area contributed by atoms with Crippen molar-refractivity contribution in [2.75, 3.05) is 18.5 Å². The van der Waals surface area contributed by atoms with Gasteiger partial charge in [0.25, 0.3) is 0 Å². The molecule has 0 saturated heterocycles. The third-order valence-corrected chi connectivity index (χ3v) is 3.13. The summed E-state index contributed by atoms with van der Waals surface area (Å²) in [5.74, 6) is -0.964. The predicted molar refractivity (Wildman–Crippen MR) is 76.7 cm³/mol. The number of carboxylic acid groups (broad SMARTS) is 1. The molecule has 1 rings (SSSR count). The Morgan fingerprint density at radius 1 is 1.37 bits per heavy atom. The SMILES string of the molecule is CC/C(=C/C=O)c1cc(C(=O)O)ccc1N(C)CC. The van der Waals surface area contributed by atoms with E-state index in [1.807, 2.05) is 25.8 Å². The lowest BCUT2D eigenvalue weighted by Gasteiger charge is -2.22. The van der Waals surface area contributed by atoms with Crippen LogP contribution in [-0.2, 0) is 4.79 Å². The molecule has 4 heteroatoms. The van der Waals surface area contributed by atoms with Crippen LogP contribution in [0.4, 0.5) is 5.69 Å². The van der Waals surface area contributed by atoms with Gasteiger partial charge in [-0.05, 0) is 43.2 Å². The number of aldehydes is 1. The maximum absolute atomic E-state index is 11.1. The van der Waals surface area contributed by atoms with Crippen molar-refractivity contribution in [1.82, 2.24) is 0 Å². The van der Waals surface area contributed by atoms with Crippen LogP contribution in [0.15, 0.2) is 24.3 Å². The Labute approximate surface area is 113 Å². The highest BCUT2D eigenvalue weighted by molar-refractivity contribution is 5.92. The first-order chi connectivity index (χ1) is 9.04. The predicted octanol–water partition coefficient (Wildman–Crippen LogP) is 2.83. The summed E-state index contributed by atoms with van der Waals surface area (Å²) in [5, 5.41) is 9.08. The standard InChI is InChI=1S/C15H19NO3/c1-4-11(8-9-17)13-10-12(15(18)19)6-7-14(13)16(3)5-2/h6-10H,4-5H2,1-3H3,(H,18,19)/b11-8-. The third-order valence-electron chi connectivity index (χ3n) is 3.13. The summed E-state index contributed by atoms with van der Waals surface area (Å²) in [6.45, 7) is 4.76. The zero-order chi connectivity index (χ0) is 14.4. The van der Waals surface area contributed by atoms with E-state index in [-0.39, 0.29) is 5.56 Å². The zero-order valence-corrected chi connectivity index (χ0v) is 11.5. The highest BCUT2D eigenvalue weighted by Crippen LogP contribution is 2.29. The molecule has 0 fully saturated rings. The summed E-state index contributed by atoms with van der Waals surface area (Å²) >= 11 is 0. The Morgan fingerprint density at radius 3 is 2.53 bits per heavy atom. The van der Waals surface area contributed by atoms with Gasteiger partial charge in [-0.2, -0.15) is 0 Å². The monoisotopic (exact) mass is 261 g/mol. The van der Waals surface area contributed by atoms with Crippen LogP contribution in [0.2, 0.25) is 0 Å². The van der Waals surface area contributed by atoms with Crippen molar-refractivity contribution in [2.24, 2.45) is 0 Å². The van der Waals surface area contributed by atoms with Crippen LogP contribution in [0.25, 0.3) is 5.57 Å². The molecule has 0 saturated carbocycles. The number of nitrogens with zero attached hydrogens (tertiary/aromatic N) is 1. The molecule has 0 aliphatic heterocycles. The Kier molecular flexibility index (Phi) is 5.30. The number of carbonyl (C=O) groups excluding carboxylic acids is 1. The maximum atomic E-state index is 11.1. The summed E-state index contributed by atoms with van der Waals surface area (Å²) in [4.78, 5) is 23.8. The van der Waals surface area contributed by atoms with Crippen molar-refractivity contribution >= 4 is 23.5 Å². The Bertz CT molecular complexity index is 506. The number of allylic oxidation sites excluding steroid dienone is 2. The number of hydrogen-bond donors (Lipinski definition) is 1. The topological polar surface area (TPSA) is 57.6 Å². The largest absolute Gasteiger partial charge is 0.478 e. The smallest absolute Gasteiger partial charge is 0.335 e. The van der Waals surface area contributed by atoms with Crippen molar-refractivity contribution in [3.8, 4) is 0 Å². The fraction of sp³-hybridized carbons (Fsp3) is 0.333. The molecule has 1 N–H and O–H groups in total. The van der Waals surface area contributed by atoms with Gasteiger partial charge in [0.1, 0.15) is 6.29 Å². The van der Waals surface area contributed by atoms with Gasteiger partial charge in [-0.1, -0.05) is 6.92 Å². The second kappa shape index (κ2) is 6.73. The van der Waals surface area contributed by atoms with Gasteiger partial charge in [0.05, 0.1) is 5.56 Å². The first-order valence-corrected chi connectivity index (χ1v) is 6.28. The van der Waals surface area contributed by atoms with Crippen molar-refractivity contribution in [1.29, 1.82) is 0 Å². The van der Waals surface area contributed by atoms with Crippen LogP contribution in [0, 0.1) is 0 Å². The van der Waals surface area contributed by atoms with Crippen molar-refractivity contribution in [3.63, 3.8) is 0 Å². The number of carboxylic acids is 1. The minimum absolute atomic E-state index is 0.230.